The second kappa shape index (κ2) is 10.2. The number of ether oxygens (including phenoxy) is 3. The molecule has 35 heavy (non-hydrogen) atoms. The summed E-state index contributed by atoms with van der Waals surface area (Å²) in [7, 11) is 0. The van der Waals surface area contributed by atoms with Gasteiger partial charge in [-0.1, -0.05) is 19.6 Å². The predicted octanol–water partition coefficient (Wildman–Crippen LogP) is 5.31. The summed E-state index contributed by atoms with van der Waals surface area (Å²) in [6.07, 6.45) is 4.61. The second-order valence-electron chi connectivity index (χ2n) is 9.38. The first-order valence-electron chi connectivity index (χ1n) is 11.9. The van der Waals surface area contributed by atoms with Crippen molar-refractivity contribution in [2.24, 2.45) is 0 Å². The van der Waals surface area contributed by atoms with Crippen molar-refractivity contribution in [2.45, 2.75) is 59.5 Å². The summed E-state index contributed by atoms with van der Waals surface area (Å²) in [4.78, 5) is 14.7. The van der Waals surface area contributed by atoms with Crippen LogP contribution in [0.15, 0.2) is 27.5 Å². The molecule has 1 N–H and O–H groups in total. The molecule has 2 aromatic carbocycles. The van der Waals surface area contributed by atoms with Crippen molar-refractivity contribution in [1.82, 2.24) is 4.98 Å². The predicted molar refractivity (Wildman–Crippen MR) is 147 cm³/mol. The van der Waals surface area contributed by atoms with Crippen LogP contribution < -0.4 is 29.0 Å². The van der Waals surface area contributed by atoms with Gasteiger partial charge in [-0.2, -0.15) is 0 Å². The molecule has 0 amide bonds. The highest BCUT2D eigenvalue weighted by molar-refractivity contribution is 9.10. The Bertz CT molecular complexity index is 1420. The molecule has 0 radical (unpaired) electrons. The van der Waals surface area contributed by atoms with E-state index in [2.05, 4.69) is 62.1 Å². The van der Waals surface area contributed by atoms with Crippen LogP contribution in [0.25, 0.3) is 12.7 Å². The highest BCUT2D eigenvalue weighted by atomic mass is 79.9. The molecule has 1 aromatic heterocycles. The van der Waals surface area contributed by atoms with Crippen molar-refractivity contribution in [3.63, 3.8) is 0 Å². The molecule has 0 bridgehead atoms. The Morgan fingerprint density at radius 1 is 1.23 bits per heavy atom. The van der Waals surface area contributed by atoms with Crippen molar-refractivity contribution in [2.75, 3.05) is 13.2 Å². The maximum atomic E-state index is 12.0. The van der Waals surface area contributed by atoms with Crippen LogP contribution in [-0.2, 0) is 6.42 Å². The molecule has 0 saturated carbocycles. The zero-order chi connectivity index (χ0) is 25.3. The minimum absolute atomic E-state index is 0.121. The maximum absolute atomic E-state index is 12.0. The highest BCUT2D eigenvalue weighted by Crippen LogP contribution is 2.44. The molecule has 0 unspecified atom stereocenters. The number of thiazole rings is 1. The monoisotopic (exact) mass is 557 g/mol. The fourth-order valence-electron chi connectivity index (χ4n) is 4.40. The van der Waals surface area contributed by atoms with Gasteiger partial charge in [-0.05, 0) is 103 Å². The Morgan fingerprint density at radius 3 is 2.66 bits per heavy atom. The summed E-state index contributed by atoms with van der Waals surface area (Å²) in [5.74, 6) is 2.71. The average Bonchev–Trinajstić information content (AvgIpc) is 3.13. The molecular formula is C28H32BrNO4S. The van der Waals surface area contributed by atoms with E-state index >= 15 is 0 Å². The van der Waals surface area contributed by atoms with Crippen LogP contribution >= 0.6 is 27.3 Å². The third-order valence-electron chi connectivity index (χ3n) is 6.51. The molecule has 3 aromatic rings. The Morgan fingerprint density at radius 2 is 2.00 bits per heavy atom. The van der Waals surface area contributed by atoms with Crippen molar-refractivity contribution < 1.29 is 14.2 Å². The summed E-state index contributed by atoms with van der Waals surface area (Å²) < 4.78 is 21.0. The first kappa shape index (κ1) is 25.6. The van der Waals surface area contributed by atoms with Gasteiger partial charge in [0.2, 0.25) is 0 Å². The quantitative estimate of drug-likeness (QED) is 0.427. The molecule has 0 saturated heterocycles. The van der Waals surface area contributed by atoms with Gasteiger partial charge in [-0.25, -0.2) is 0 Å². The number of benzene rings is 2. The Kier molecular flexibility index (Phi) is 7.48. The molecule has 1 aliphatic rings. The second-order valence-corrected chi connectivity index (χ2v) is 11.4. The molecule has 1 atom stereocenters. The maximum Gasteiger partial charge on any atom is 0.266 e. The third kappa shape index (κ3) is 5.36. The number of hydrogen-bond acceptors (Lipinski definition) is 5. The fourth-order valence-corrected chi connectivity index (χ4v) is 5.66. The van der Waals surface area contributed by atoms with E-state index in [9.17, 15) is 4.79 Å². The van der Waals surface area contributed by atoms with Gasteiger partial charge in [0.25, 0.3) is 5.56 Å². The van der Waals surface area contributed by atoms with Gasteiger partial charge < -0.3 is 19.2 Å². The number of hydrogen-bond donors (Lipinski definition) is 1. The van der Waals surface area contributed by atoms with E-state index in [0.29, 0.717) is 15.8 Å². The van der Waals surface area contributed by atoms with Crippen molar-refractivity contribution in [3.05, 3.63) is 70.0 Å². The van der Waals surface area contributed by atoms with Crippen LogP contribution in [0.3, 0.4) is 0 Å². The van der Waals surface area contributed by atoms with Crippen LogP contribution in [0.1, 0.15) is 54.5 Å². The normalized spacial score (nSPS) is 17.7. The van der Waals surface area contributed by atoms with E-state index in [0.717, 1.165) is 64.3 Å². The molecule has 0 aliphatic carbocycles. The Hall–Kier alpha value is -2.51. The van der Waals surface area contributed by atoms with Crippen molar-refractivity contribution in [1.29, 1.82) is 0 Å². The lowest BCUT2D eigenvalue weighted by atomic mass is 9.87. The lowest BCUT2D eigenvalue weighted by Gasteiger charge is -2.38. The number of fused-ring (bicyclic) bond motifs is 1. The van der Waals surface area contributed by atoms with Gasteiger partial charge in [-0.15, -0.1) is 11.3 Å². The number of rotatable bonds is 7. The number of H-pyrrole nitrogens is 1. The molecular weight excluding hydrogens is 526 g/mol. The number of nitrogens with one attached hydrogen (secondary N) is 1. The molecule has 7 heteroatoms. The first-order valence-corrected chi connectivity index (χ1v) is 13.5. The van der Waals surface area contributed by atoms with Crippen LogP contribution in [-0.4, -0.2) is 23.8 Å². The van der Waals surface area contributed by atoms with Crippen molar-refractivity contribution in [3.8, 4) is 17.2 Å². The average molecular weight is 559 g/mol. The smallest absolute Gasteiger partial charge is 0.266 e. The van der Waals surface area contributed by atoms with Crippen LogP contribution in [0.5, 0.6) is 17.2 Å². The molecule has 0 spiro atoms. The minimum Gasteiger partial charge on any atom is -0.493 e. The van der Waals surface area contributed by atoms with Gasteiger partial charge in [-0.3, -0.25) is 4.79 Å². The Labute approximate surface area is 218 Å². The van der Waals surface area contributed by atoms with Crippen molar-refractivity contribution >= 4 is 39.9 Å². The molecule has 186 valence electrons. The van der Waals surface area contributed by atoms with Gasteiger partial charge >= 0.3 is 0 Å². The van der Waals surface area contributed by atoms with Crippen LogP contribution in [0.4, 0.5) is 0 Å². The van der Waals surface area contributed by atoms with E-state index in [4.69, 9.17) is 14.2 Å². The lowest BCUT2D eigenvalue weighted by Crippen LogP contribution is -2.42. The topological polar surface area (TPSA) is 60.6 Å². The highest BCUT2D eigenvalue weighted by Gasteiger charge is 2.35. The summed E-state index contributed by atoms with van der Waals surface area (Å²) in [5, 5.41) is 0. The van der Waals surface area contributed by atoms with E-state index in [-0.39, 0.29) is 5.56 Å². The fraction of sp³-hybridized carbons (Fsp3) is 0.393. The van der Waals surface area contributed by atoms with Crippen LogP contribution in [0.2, 0.25) is 0 Å². The van der Waals surface area contributed by atoms with Gasteiger partial charge in [0.05, 0.1) is 20.3 Å². The summed E-state index contributed by atoms with van der Waals surface area (Å²) in [6.45, 7) is 15.5. The molecule has 2 heterocycles. The standard InChI is InChI=1S/C28H32BrNO4S/c1-7-12-32-25-16(2)17(3)26-21(18(25)4)10-11-28(6,34-26)15-33-23-9-8-20(13-22(23)29)14-24-27(31)30-19(5)35-24/h8-9,13-14H,5,7,10-12,15H2,1-4,6H3,(H,30,31)/b24-14+/t28-/m0/s1. The number of halogens is 1. The van der Waals surface area contributed by atoms with Gasteiger partial charge in [0, 0.05) is 5.56 Å². The lowest BCUT2D eigenvalue weighted by molar-refractivity contribution is 0.0164. The summed E-state index contributed by atoms with van der Waals surface area (Å²) in [5.41, 5.74) is 5.05. The minimum atomic E-state index is -0.443. The van der Waals surface area contributed by atoms with Crippen LogP contribution in [0, 0.1) is 20.8 Å². The summed E-state index contributed by atoms with van der Waals surface area (Å²) >= 11 is 4.96. The van der Waals surface area contributed by atoms with Gasteiger partial charge in [0.15, 0.2) is 0 Å². The zero-order valence-corrected chi connectivity index (χ0v) is 23.4. The van der Waals surface area contributed by atoms with E-state index in [1.54, 1.807) is 0 Å². The first-order chi connectivity index (χ1) is 16.6. The molecule has 0 fully saturated rings. The van der Waals surface area contributed by atoms with E-state index < -0.39 is 5.60 Å². The van der Waals surface area contributed by atoms with Gasteiger partial charge in [0.1, 0.15) is 29.5 Å². The molecule has 1 aliphatic heterocycles. The zero-order valence-electron chi connectivity index (χ0n) is 21.0. The van der Waals surface area contributed by atoms with E-state index in [1.165, 1.54) is 22.5 Å². The number of aromatic amines is 1. The SMILES string of the molecule is C=c1[nH]c(=O)/c(=C\c2ccc(OC[C@]3(C)CCc4c(C)c(OCCC)c(C)c(C)c4O3)c(Br)c2)s1. The molecule has 5 nitrogen and oxygen atoms in total. The summed E-state index contributed by atoms with van der Waals surface area (Å²) in [6, 6.07) is 5.81. The Balaban J connectivity index is 1.52. The molecule has 4 rings (SSSR count). The number of aromatic nitrogens is 1. The van der Waals surface area contributed by atoms with E-state index in [1.807, 2.05) is 24.3 Å². The largest absolute Gasteiger partial charge is 0.493 e. The third-order valence-corrected chi connectivity index (χ3v) is 8.00.